The zero-order valence-electron chi connectivity index (χ0n) is 17.4. The predicted molar refractivity (Wildman–Crippen MR) is 111 cm³/mol. The second-order valence-electron chi connectivity index (χ2n) is 8.76. The van der Waals surface area contributed by atoms with Crippen LogP contribution in [-0.4, -0.2) is 56.4 Å². The number of hydrogen-bond acceptors (Lipinski definition) is 5. The highest BCUT2D eigenvalue weighted by molar-refractivity contribution is 5.88. The first kappa shape index (κ1) is 20.0. The summed E-state index contributed by atoms with van der Waals surface area (Å²) >= 11 is 0. The summed E-state index contributed by atoms with van der Waals surface area (Å²) in [6.07, 6.45) is 5.17. The number of hydrogen-bond donors (Lipinski definition) is 2. The summed E-state index contributed by atoms with van der Waals surface area (Å²) in [5, 5.41) is 4.28. The van der Waals surface area contributed by atoms with Crippen LogP contribution in [0.2, 0.25) is 0 Å². The molecule has 0 unspecified atom stereocenters. The average molecular weight is 415 g/mol. The molecule has 7 heteroatoms. The number of nitrogens with one attached hydrogen (secondary N) is 2. The summed E-state index contributed by atoms with van der Waals surface area (Å²) in [5.41, 5.74) is 2.09. The minimum atomic E-state index is -0.572. The van der Waals surface area contributed by atoms with Crippen molar-refractivity contribution in [3.8, 4) is 0 Å². The number of aromatic amines is 1. The van der Waals surface area contributed by atoms with E-state index in [0.717, 1.165) is 35.7 Å². The highest BCUT2D eigenvalue weighted by atomic mass is 16.7. The van der Waals surface area contributed by atoms with Crippen LogP contribution in [0.3, 0.4) is 0 Å². The highest BCUT2D eigenvalue weighted by Crippen LogP contribution is 2.54. The number of benzene rings is 1. The molecule has 4 atom stereocenters. The molecule has 1 amide bonds. The zero-order chi connectivity index (χ0) is 20.6. The number of aromatic nitrogens is 1. The molecule has 7 nitrogen and oxygen atoms in total. The highest BCUT2D eigenvalue weighted by Gasteiger charge is 2.58. The normalized spacial score (nSPS) is 29.6. The molecule has 3 fully saturated rings. The number of H-pyrrole nitrogens is 1. The molecule has 2 aromatic rings. The van der Waals surface area contributed by atoms with Gasteiger partial charge in [0.2, 0.25) is 5.91 Å². The van der Waals surface area contributed by atoms with Crippen molar-refractivity contribution in [3.05, 3.63) is 36.0 Å². The number of methoxy groups -OCH3 is 1. The van der Waals surface area contributed by atoms with Crippen molar-refractivity contribution in [2.24, 2.45) is 17.8 Å². The molecule has 1 aromatic heterocycles. The van der Waals surface area contributed by atoms with Crippen LogP contribution in [0.25, 0.3) is 10.9 Å². The molecule has 30 heavy (non-hydrogen) atoms. The van der Waals surface area contributed by atoms with E-state index in [1.54, 1.807) is 7.11 Å². The Hall–Kier alpha value is -1.93. The summed E-state index contributed by atoms with van der Waals surface area (Å²) in [6, 6.07) is 8.07. The predicted octanol–water partition coefficient (Wildman–Crippen LogP) is 2.60. The molecule has 0 radical (unpaired) electrons. The van der Waals surface area contributed by atoms with Crippen LogP contribution in [-0.2, 0) is 30.2 Å². The Kier molecular flexibility index (Phi) is 5.54. The van der Waals surface area contributed by atoms with Crippen molar-refractivity contribution >= 4 is 16.8 Å². The lowest BCUT2D eigenvalue weighted by atomic mass is 9.75. The van der Waals surface area contributed by atoms with Crippen molar-refractivity contribution < 1.29 is 23.7 Å². The Morgan fingerprint density at radius 1 is 1.27 bits per heavy atom. The number of ether oxygens (including phenoxy) is 4. The molecule has 2 saturated carbocycles. The number of carbonyl (C=O) groups excluding carboxylic acids is 1. The summed E-state index contributed by atoms with van der Waals surface area (Å²) in [4.78, 5) is 15.9. The third-order valence-electron chi connectivity index (χ3n) is 7.08. The second-order valence-corrected chi connectivity index (χ2v) is 8.76. The first-order valence-corrected chi connectivity index (χ1v) is 10.9. The Morgan fingerprint density at radius 2 is 2.10 bits per heavy atom. The van der Waals surface area contributed by atoms with E-state index < -0.39 is 5.79 Å². The SMILES string of the molecule is COCO[C@@H]1C[C@@H]2C[C@H]1C1(C[C@H]2CNC(=O)Cc2c[nH]c3ccccc23)OCCO1. The summed E-state index contributed by atoms with van der Waals surface area (Å²) in [7, 11) is 1.64. The molecule has 2 bridgehead atoms. The van der Waals surface area contributed by atoms with Crippen molar-refractivity contribution in [3.63, 3.8) is 0 Å². The molecule has 2 aliphatic carbocycles. The minimum absolute atomic E-state index is 0.0503. The number of amides is 1. The number of para-hydroxylation sites is 1. The van der Waals surface area contributed by atoms with Gasteiger partial charge >= 0.3 is 0 Å². The number of rotatable bonds is 7. The second kappa shape index (κ2) is 8.30. The van der Waals surface area contributed by atoms with E-state index >= 15 is 0 Å². The fourth-order valence-electron chi connectivity index (χ4n) is 5.71. The van der Waals surface area contributed by atoms with E-state index in [-0.39, 0.29) is 24.7 Å². The Bertz CT molecular complexity index is 891. The van der Waals surface area contributed by atoms with Gasteiger partial charge in [-0.2, -0.15) is 0 Å². The van der Waals surface area contributed by atoms with Crippen LogP contribution in [0.15, 0.2) is 30.5 Å². The van der Waals surface area contributed by atoms with Crippen LogP contribution in [0.4, 0.5) is 0 Å². The fourth-order valence-corrected chi connectivity index (χ4v) is 5.71. The van der Waals surface area contributed by atoms with Crippen molar-refractivity contribution in [1.29, 1.82) is 0 Å². The molecule has 1 aromatic carbocycles. The molecule has 2 N–H and O–H groups in total. The molecule has 162 valence electrons. The molecule has 1 spiro atoms. The van der Waals surface area contributed by atoms with E-state index in [1.807, 2.05) is 30.5 Å². The molecular weight excluding hydrogens is 384 g/mol. The molecule has 3 aliphatic rings. The summed E-state index contributed by atoms with van der Waals surface area (Å²) in [6.45, 7) is 2.18. The van der Waals surface area contributed by atoms with Crippen LogP contribution in [0.1, 0.15) is 24.8 Å². The maximum atomic E-state index is 12.7. The van der Waals surface area contributed by atoms with Gasteiger partial charge in [0.05, 0.1) is 25.7 Å². The Labute approximate surface area is 176 Å². The van der Waals surface area contributed by atoms with Crippen molar-refractivity contribution in [2.75, 3.05) is 33.7 Å². The zero-order valence-corrected chi connectivity index (χ0v) is 17.4. The average Bonchev–Trinajstić information content (AvgIpc) is 3.47. The van der Waals surface area contributed by atoms with E-state index in [1.165, 1.54) is 0 Å². The Balaban J connectivity index is 1.23. The smallest absolute Gasteiger partial charge is 0.224 e. The van der Waals surface area contributed by atoms with E-state index in [0.29, 0.717) is 38.0 Å². The van der Waals surface area contributed by atoms with Crippen molar-refractivity contribution in [1.82, 2.24) is 10.3 Å². The largest absolute Gasteiger partial charge is 0.361 e. The molecule has 1 aliphatic heterocycles. The maximum absolute atomic E-state index is 12.7. The van der Waals surface area contributed by atoms with Gasteiger partial charge in [0.15, 0.2) is 5.79 Å². The standard InChI is InChI=1S/C23H30N2O5/c1-27-14-28-21-9-15-8-19(21)23(29-6-7-30-23)11-17(15)13-25-22(26)10-16-12-24-20-5-3-2-4-18(16)20/h2-5,12,15,17,19,21,24H,6-11,13-14H2,1H3,(H,25,26)/t15-,17-,19+,21+/m0/s1. The third kappa shape index (κ3) is 3.64. The van der Waals surface area contributed by atoms with Crippen LogP contribution < -0.4 is 5.32 Å². The van der Waals surface area contributed by atoms with Crippen LogP contribution in [0.5, 0.6) is 0 Å². The van der Waals surface area contributed by atoms with Crippen molar-refractivity contribution in [2.45, 2.75) is 37.6 Å². The lowest BCUT2D eigenvalue weighted by molar-refractivity contribution is -0.239. The van der Waals surface area contributed by atoms with Gasteiger partial charge in [-0.05, 0) is 36.3 Å². The summed E-state index contributed by atoms with van der Waals surface area (Å²) in [5.74, 6) is 0.538. The third-order valence-corrected chi connectivity index (χ3v) is 7.08. The molecule has 5 rings (SSSR count). The molecule has 2 heterocycles. The van der Waals surface area contributed by atoms with Crippen LogP contribution in [0, 0.1) is 17.8 Å². The molecular formula is C23H30N2O5. The van der Waals surface area contributed by atoms with E-state index in [2.05, 4.69) is 10.3 Å². The van der Waals surface area contributed by atoms with E-state index in [9.17, 15) is 4.79 Å². The fraction of sp³-hybridized carbons (Fsp3) is 0.609. The maximum Gasteiger partial charge on any atom is 0.224 e. The number of carbonyl (C=O) groups is 1. The van der Waals surface area contributed by atoms with Crippen LogP contribution >= 0.6 is 0 Å². The minimum Gasteiger partial charge on any atom is -0.361 e. The first-order chi connectivity index (χ1) is 14.7. The van der Waals surface area contributed by atoms with Gasteiger partial charge in [-0.25, -0.2) is 0 Å². The molecule has 1 saturated heterocycles. The topological polar surface area (TPSA) is 81.8 Å². The van der Waals surface area contributed by atoms with E-state index in [4.69, 9.17) is 18.9 Å². The van der Waals surface area contributed by atoms with Gasteiger partial charge in [-0.3, -0.25) is 4.79 Å². The van der Waals surface area contributed by atoms with Gasteiger partial charge in [0.25, 0.3) is 0 Å². The monoisotopic (exact) mass is 414 g/mol. The number of fused-ring (bicyclic) bond motifs is 4. The quantitative estimate of drug-likeness (QED) is 0.681. The first-order valence-electron chi connectivity index (χ1n) is 10.9. The van der Waals surface area contributed by atoms with Gasteiger partial charge in [0.1, 0.15) is 6.79 Å². The van der Waals surface area contributed by atoms with Gasteiger partial charge in [-0.1, -0.05) is 18.2 Å². The van der Waals surface area contributed by atoms with Gasteiger partial charge in [0, 0.05) is 43.1 Å². The lowest BCUT2D eigenvalue weighted by Crippen LogP contribution is -2.49. The van der Waals surface area contributed by atoms with Gasteiger partial charge < -0.3 is 29.2 Å². The van der Waals surface area contributed by atoms with Gasteiger partial charge in [-0.15, -0.1) is 0 Å². The summed E-state index contributed by atoms with van der Waals surface area (Å²) < 4.78 is 23.4. The lowest BCUT2D eigenvalue weighted by Gasteiger charge is -2.42. The Morgan fingerprint density at radius 3 is 2.93 bits per heavy atom.